The molecule has 2 aromatic rings. The zero-order valence-corrected chi connectivity index (χ0v) is 17.9. The third kappa shape index (κ3) is 6.62. The molecule has 2 aromatic carbocycles. The van der Waals surface area contributed by atoms with E-state index in [1.165, 1.54) is 38.5 Å². The summed E-state index contributed by atoms with van der Waals surface area (Å²) in [5.41, 5.74) is 0.114. The van der Waals surface area contributed by atoms with Gasteiger partial charge in [0, 0.05) is 12.1 Å². The van der Waals surface area contributed by atoms with Gasteiger partial charge in [-0.3, -0.25) is 4.79 Å². The van der Waals surface area contributed by atoms with E-state index in [1.54, 1.807) is 18.2 Å². The van der Waals surface area contributed by atoms with Crippen LogP contribution in [0.3, 0.4) is 0 Å². The van der Waals surface area contributed by atoms with E-state index in [0.29, 0.717) is 17.2 Å². The van der Waals surface area contributed by atoms with Gasteiger partial charge in [0.25, 0.3) is 5.91 Å². The molecule has 0 aliphatic heterocycles. The number of terminal acetylenes is 1. The topological polar surface area (TPSA) is 123 Å². The summed E-state index contributed by atoms with van der Waals surface area (Å²) in [5.74, 6) is 2.83. The molecular formula is C21H24N2O7S. The second-order valence-electron chi connectivity index (χ2n) is 6.22. The molecule has 166 valence electrons. The third-order valence-electron chi connectivity index (χ3n) is 4.07. The molecule has 0 aliphatic rings. The number of carbonyl (C=O) groups is 1. The first-order valence-corrected chi connectivity index (χ1v) is 10.6. The van der Waals surface area contributed by atoms with Crippen molar-refractivity contribution in [2.24, 2.45) is 0 Å². The minimum absolute atomic E-state index is 0.0949. The highest BCUT2D eigenvalue weighted by Gasteiger charge is 2.17. The van der Waals surface area contributed by atoms with E-state index < -0.39 is 22.0 Å². The lowest BCUT2D eigenvalue weighted by molar-refractivity contribution is 0.0833. The summed E-state index contributed by atoms with van der Waals surface area (Å²) in [4.78, 5) is 12.3. The van der Waals surface area contributed by atoms with Crippen LogP contribution in [-0.4, -0.2) is 59.5 Å². The summed E-state index contributed by atoms with van der Waals surface area (Å²) in [6.07, 6.45) is 4.03. The summed E-state index contributed by atoms with van der Waals surface area (Å²) >= 11 is 0. The van der Waals surface area contributed by atoms with Crippen LogP contribution in [0.2, 0.25) is 0 Å². The second kappa shape index (κ2) is 11.2. The van der Waals surface area contributed by atoms with Crippen LogP contribution in [0.1, 0.15) is 10.4 Å². The van der Waals surface area contributed by atoms with Crippen molar-refractivity contribution in [1.82, 2.24) is 10.0 Å². The first-order valence-electron chi connectivity index (χ1n) is 9.15. The van der Waals surface area contributed by atoms with Crippen LogP contribution in [-0.2, 0) is 10.0 Å². The lowest BCUT2D eigenvalue weighted by Crippen LogP contribution is -2.35. The Labute approximate surface area is 181 Å². The number of benzene rings is 2. The van der Waals surface area contributed by atoms with Crippen LogP contribution >= 0.6 is 0 Å². The number of nitrogens with one attached hydrogen (secondary N) is 2. The molecule has 9 nitrogen and oxygen atoms in total. The molecule has 1 unspecified atom stereocenters. The van der Waals surface area contributed by atoms with Crippen molar-refractivity contribution in [2.75, 3.05) is 33.9 Å². The van der Waals surface area contributed by atoms with E-state index in [0.717, 1.165) is 0 Å². The SMILES string of the molecule is C#CCNS(=O)(=O)c1cccc(C(=O)NCC(O)COc2c(OC)cccc2OC)c1. The van der Waals surface area contributed by atoms with Crippen LogP contribution in [0, 0.1) is 12.3 Å². The molecule has 10 heteroatoms. The van der Waals surface area contributed by atoms with Gasteiger partial charge in [-0.15, -0.1) is 6.42 Å². The van der Waals surface area contributed by atoms with Gasteiger partial charge in [0.2, 0.25) is 15.8 Å². The first kappa shape index (κ1) is 24.0. The summed E-state index contributed by atoms with van der Waals surface area (Å²) in [6, 6.07) is 10.6. The summed E-state index contributed by atoms with van der Waals surface area (Å²) < 4.78 is 42.5. The highest BCUT2D eigenvalue weighted by molar-refractivity contribution is 7.89. The number of methoxy groups -OCH3 is 2. The number of ether oxygens (including phenoxy) is 3. The van der Waals surface area contributed by atoms with E-state index in [4.69, 9.17) is 20.6 Å². The third-order valence-corrected chi connectivity index (χ3v) is 5.47. The maximum absolute atomic E-state index is 12.4. The molecule has 1 amide bonds. The van der Waals surface area contributed by atoms with Crippen molar-refractivity contribution < 1.29 is 32.5 Å². The number of aliphatic hydroxyl groups is 1. The smallest absolute Gasteiger partial charge is 0.251 e. The van der Waals surface area contributed by atoms with Crippen molar-refractivity contribution in [3.05, 3.63) is 48.0 Å². The van der Waals surface area contributed by atoms with E-state index in [9.17, 15) is 18.3 Å². The Morgan fingerprint density at radius 2 is 1.81 bits per heavy atom. The number of carbonyl (C=O) groups excluding carboxylic acids is 1. The highest BCUT2D eigenvalue weighted by Crippen LogP contribution is 2.36. The van der Waals surface area contributed by atoms with Gasteiger partial charge in [-0.25, -0.2) is 8.42 Å². The average molecular weight is 448 g/mol. The fraction of sp³-hybridized carbons (Fsp3) is 0.286. The van der Waals surface area contributed by atoms with Crippen LogP contribution in [0.4, 0.5) is 0 Å². The Morgan fingerprint density at radius 1 is 1.16 bits per heavy atom. The normalized spacial score (nSPS) is 11.8. The number of sulfonamides is 1. The maximum atomic E-state index is 12.4. The van der Waals surface area contributed by atoms with Gasteiger partial charge in [-0.2, -0.15) is 4.72 Å². The lowest BCUT2D eigenvalue weighted by Gasteiger charge is -2.17. The Hall–Kier alpha value is -3.26. The monoisotopic (exact) mass is 448 g/mol. The molecule has 0 aliphatic carbocycles. The summed E-state index contributed by atoms with van der Waals surface area (Å²) in [5, 5.41) is 12.7. The van der Waals surface area contributed by atoms with Gasteiger partial charge in [0.1, 0.15) is 12.7 Å². The van der Waals surface area contributed by atoms with Crippen molar-refractivity contribution in [3.8, 4) is 29.6 Å². The van der Waals surface area contributed by atoms with Crippen LogP contribution in [0.25, 0.3) is 0 Å². The van der Waals surface area contributed by atoms with Gasteiger partial charge in [-0.1, -0.05) is 18.1 Å². The minimum atomic E-state index is -3.83. The quantitative estimate of drug-likeness (QED) is 0.434. The Morgan fingerprint density at radius 3 is 2.42 bits per heavy atom. The van der Waals surface area contributed by atoms with E-state index in [2.05, 4.69) is 16.0 Å². The predicted octanol–water partition coefficient (Wildman–Crippen LogP) is 0.785. The minimum Gasteiger partial charge on any atom is -0.493 e. The van der Waals surface area contributed by atoms with Gasteiger partial charge < -0.3 is 24.6 Å². The lowest BCUT2D eigenvalue weighted by atomic mass is 10.2. The van der Waals surface area contributed by atoms with Crippen molar-refractivity contribution >= 4 is 15.9 Å². The number of rotatable bonds is 11. The number of aliphatic hydroxyl groups excluding tert-OH is 1. The Balaban J connectivity index is 1.96. The van der Waals surface area contributed by atoms with Crippen molar-refractivity contribution in [3.63, 3.8) is 0 Å². The molecule has 1 atom stereocenters. The molecule has 0 aromatic heterocycles. The summed E-state index contributed by atoms with van der Waals surface area (Å²) in [7, 11) is -0.866. The number of hydrogen-bond acceptors (Lipinski definition) is 7. The molecule has 0 bridgehead atoms. The number of para-hydroxylation sites is 1. The Bertz CT molecular complexity index is 1030. The van der Waals surface area contributed by atoms with Crippen molar-refractivity contribution in [2.45, 2.75) is 11.0 Å². The zero-order valence-electron chi connectivity index (χ0n) is 17.1. The number of hydrogen-bond donors (Lipinski definition) is 3. The molecule has 3 N–H and O–H groups in total. The molecule has 2 rings (SSSR count). The average Bonchev–Trinajstić information content (AvgIpc) is 2.79. The first-order chi connectivity index (χ1) is 14.8. The summed E-state index contributed by atoms with van der Waals surface area (Å²) in [6.45, 7) is -0.425. The molecule has 0 radical (unpaired) electrons. The largest absolute Gasteiger partial charge is 0.493 e. The highest BCUT2D eigenvalue weighted by atomic mass is 32.2. The fourth-order valence-corrected chi connectivity index (χ4v) is 3.51. The standard InChI is InChI=1S/C21H24N2O7S/c1-4-11-23-31(26,27)17-8-5-7-15(12-17)21(25)22-13-16(24)14-30-20-18(28-2)9-6-10-19(20)29-3/h1,5-10,12,16,23-24H,11,13-14H2,2-3H3,(H,22,25). The molecule has 0 saturated carbocycles. The maximum Gasteiger partial charge on any atom is 0.251 e. The van der Waals surface area contributed by atoms with Gasteiger partial charge in [-0.05, 0) is 30.3 Å². The van der Waals surface area contributed by atoms with Crippen LogP contribution in [0.5, 0.6) is 17.2 Å². The molecule has 0 heterocycles. The zero-order chi connectivity index (χ0) is 22.9. The molecule has 0 saturated heterocycles. The van der Waals surface area contributed by atoms with E-state index in [1.807, 2.05) is 0 Å². The molecule has 31 heavy (non-hydrogen) atoms. The fourth-order valence-electron chi connectivity index (χ4n) is 2.53. The predicted molar refractivity (Wildman–Crippen MR) is 114 cm³/mol. The molecular weight excluding hydrogens is 424 g/mol. The second-order valence-corrected chi connectivity index (χ2v) is 7.99. The van der Waals surface area contributed by atoms with Crippen LogP contribution in [0.15, 0.2) is 47.4 Å². The van der Waals surface area contributed by atoms with E-state index in [-0.39, 0.29) is 30.2 Å². The van der Waals surface area contributed by atoms with Crippen molar-refractivity contribution in [1.29, 1.82) is 0 Å². The van der Waals surface area contributed by atoms with Gasteiger partial charge >= 0.3 is 0 Å². The van der Waals surface area contributed by atoms with Crippen LogP contribution < -0.4 is 24.2 Å². The van der Waals surface area contributed by atoms with E-state index >= 15 is 0 Å². The molecule has 0 fully saturated rings. The molecule has 0 spiro atoms. The number of amides is 1. The van der Waals surface area contributed by atoms with Gasteiger partial charge in [0.05, 0.1) is 25.7 Å². The van der Waals surface area contributed by atoms with Gasteiger partial charge in [0.15, 0.2) is 11.5 Å². The Kier molecular flexibility index (Phi) is 8.69.